The van der Waals surface area contributed by atoms with Crippen LogP contribution in [0.3, 0.4) is 0 Å². The molecule has 2 aromatic rings. The van der Waals surface area contributed by atoms with E-state index in [1.54, 1.807) is 0 Å². The van der Waals surface area contributed by atoms with Crippen LogP contribution in [0.1, 0.15) is 29.0 Å². The highest BCUT2D eigenvalue weighted by Gasteiger charge is 2.26. The van der Waals surface area contributed by atoms with Gasteiger partial charge in [-0.15, -0.1) is 11.3 Å². The molecule has 0 bridgehead atoms. The Morgan fingerprint density at radius 1 is 1.42 bits per heavy atom. The Balaban J connectivity index is 2.02. The molecule has 0 saturated heterocycles. The smallest absolute Gasteiger partial charge is 0.0656 e. The first-order chi connectivity index (χ1) is 9.08. The van der Waals surface area contributed by atoms with Gasteiger partial charge in [-0.1, -0.05) is 11.6 Å². The van der Waals surface area contributed by atoms with Gasteiger partial charge in [0.15, 0.2) is 0 Å². The van der Waals surface area contributed by atoms with Crippen molar-refractivity contribution in [1.29, 1.82) is 0 Å². The summed E-state index contributed by atoms with van der Waals surface area (Å²) in [5.74, 6) is 0. The molecule has 2 nitrogen and oxygen atoms in total. The van der Waals surface area contributed by atoms with Crippen LogP contribution in [0.25, 0.3) is 0 Å². The molecule has 4 heteroatoms. The van der Waals surface area contributed by atoms with Gasteiger partial charge in [0.25, 0.3) is 0 Å². The highest BCUT2D eigenvalue weighted by molar-refractivity contribution is 7.10. The molecule has 0 saturated carbocycles. The summed E-state index contributed by atoms with van der Waals surface area (Å²) in [6.45, 7) is 5.39. The van der Waals surface area contributed by atoms with Gasteiger partial charge in [-0.2, -0.15) is 0 Å². The number of nitrogens with two attached hydrogens (primary N) is 1. The summed E-state index contributed by atoms with van der Waals surface area (Å²) in [6, 6.07) is 6.60. The van der Waals surface area contributed by atoms with Crippen molar-refractivity contribution in [2.75, 3.05) is 17.2 Å². The van der Waals surface area contributed by atoms with Gasteiger partial charge in [0.1, 0.15) is 0 Å². The average Bonchev–Trinajstić information content (AvgIpc) is 2.84. The number of fused-ring (bicyclic) bond motifs is 1. The third-order valence-electron chi connectivity index (χ3n) is 3.90. The van der Waals surface area contributed by atoms with Crippen molar-refractivity contribution in [1.82, 2.24) is 0 Å². The predicted molar refractivity (Wildman–Crippen MR) is 84.4 cm³/mol. The molecule has 0 radical (unpaired) electrons. The number of hydrogen-bond donors (Lipinski definition) is 1. The van der Waals surface area contributed by atoms with Crippen molar-refractivity contribution < 1.29 is 0 Å². The third-order valence-corrected chi connectivity index (χ3v) is 5.23. The number of nitrogen functional groups attached to an aromatic ring is 1. The molecule has 0 fully saturated rings. The summed E-state index contributed by atoms with van der Waals surface area (Å²) in [5, 5.41) is 2.83. The van der Waals surface area contributed by atoms with Crippen LogP contribution in [0.15, 0.2) is 23.6 Å². The number of nitrogens with zero attached hydrogens (tertiary/aromatic N) is 1. The zero-order chi connectivity index (χ0) is 13.6. The molecule has 0 amide bonds. The number of aryl methyl sites for hydroxylation is 1. The lowest BCUT2D eigenvalue weighted by Crippen LogP contribution is -2.33. The van der Waals surface area contributed by atoms with Crippen molar-refractivity contribution in [3.05, 3.63) is 44.6 Å². The van der Waals surface area contributed by atoms with Gasteiger partial charge in [0.05, 0.1) is 16.8 Å². The fourth-order valence-corrected chi connectivity index (χ4v) is 3.96. The summed E-state index contributed by atoms with van der Waals surface area (Å²) >= 11 is 8.05. The van der Waals surface area contributed by atoms with E-state index in [1.165, 1.54) is 21.7 Å². The SMILES string of the molecule is Cc1cc(N)c(Cl)cc1N1CCc2sccc2C1C. The Labute approximate surface area is 122 Å². The molecule has 3 rings (SSSR count). The lowest BCUT2D eigenvalue weighted by Gasteiger charge is -2.36. The molecule has 1 aromatic heterocycles. The van der Waals surface area contributed by atoms with E-state index in [9.17, 15) is 0 Å². The summed E-state index contributed by atoms with van der Waals surface area (Å²) in [4.78, 5) is 3.94. The predicted octanol–water partition coefficient (Wildman–Crippen LogP) is 4.42. The molecule has 0 spiro atoms. The van der Waals surface area contributed by atoms with Gasteiger partial charge >= 0.3 is 0 Å². The first-order valence-corrected chi connectivity index (χ1v) is 7.72. The molecule has 19 heavy (non-hydrogen) atoms. The van der Waals surface area contributed by atoms with Crippen molar-refractivity contribution in [2.45, 2.75) is 26.3 Å². The van der Waals surface area contributed by atoms with Crippen LogP contribution in [-0.2, 0) is 6.42 Å². The maximum absolute atomic E-state index is 6.18. The van der Waals surface area contributed by atoms with E-state index >= 15 is 0 Å². The number of rotatable bonds is 1. The summed E-state index contributed by atoms with van der Waals surface area (Å²) in [7, 11) is 0. The monoisotopic (exact) mass is 292 g/mol. The number of benzene rings is 1. The van der Waals surface area contributed by atoms with Crippen LogP contribution < -0.4 is 10.6 Å². The van der Waals surface area contributed by atoms with Gasteiger partial charge in [0, 0.05) is 17.1 Å². The first-order valence-electron chi connectivity index (χ1n) is 6.46. The van der Waals surface area contributed by atoms with Crippen LogP contribution in [0.2, 0.25) is 5.02 Å². The van der Waals surface area contributed by atoms with Crippen LogP contribution in [0.4, 0.5) is 11.4 Å². The summed E-state index contributed by atoms with van der Waals surface area (Å²) < 4.78 is 0. The summed E-state index contributed by atoms with van der Waals surface area (Å²) in [6.07, 6.45) is 1.11. The minimum Gasteiger partial charge on any atom is -0.398 e. The maximum Gasteiger partial charge on any atom is 0.0656 e. The fourth-order valence-electron chi connectivity index (χ4n) is 2.84. The van der Waals surface area contributed by atoms with Gasteiger partial charge in [-0.3, -0.25) is 0 Å². The van der Waals surface area contributed by atoms with E-state index in [2.05, 4.69) is 30.2 Å². The van der Waals surface area contributed by atoms with Crippen molar-refractivity contribution >= 4 is 34.3 Å². The van der Waals surface area contributed by atoms with E-state index in [4.69, 9.17) is 17.3 Å². The molecule has 1 unspecified atom stereocenters. The first kappa shape index (κ1) is 12.8. The quantitative estimate of drug-likeness (QED) is 0.789. The number of thiophene rings is 1. The molecule has 100 valence electrons. The van der Waals surface area contributed by atoms with Crippen LogP contribution in [0.5, 0.6) is 0 Å². The molecule has 2 heterocycles. The highest BCUT2D eigenvalue weighted by Crippen LogP contribution is 2.39. The van der Waals surface area contributed by atoms with Crippen LogP contribution >= 0.6 is 22.9 Å². The Kier molecular flexibility index (Phi) is 3.19. The van der Waals surface area contributed by atoms with E-state index in [0.29, 0.717) is 16.8 Å². The second-order valence-electron chi connectivity index (χ2n) is 5.08. The number of halogens is 1. The van der Waals surface area contributed by atoms with Gasteiger partial charge in [-0.25, -0.2) is 0 Å². The Bertz CT molecular complexity index is 621. The van der Waals surface area contributed by atoms with Crippen LogP contribution in [0, 0.1) is 6.92 Å². The largest absolute Gasteiger partial charge is 0.398 e. The standard InChI is InChI=1S/C15H17ClN2S/c1-9-7-13(17)12(16)8-14(9)18-5-3-15-11(10(18)2)4-6-19-15/h4,6-8,10H,3,5,17H2,1-2H3. The lowest BCUT2D eigenvalue weighted by molar-refractivity contribution is 0.631. The molecule has 2 N–H and O–H groups in total. The molecule has 0 aliphatic carbocycles. The maximum atomic E-state index is 6.18. The van der Waals surface area contributed by atoms with E-state index in [0.717, 1.165) is 13.0 Å². The van der Waals surface area contributed by atoms with E-state index in [-0.39, 0.29) is 0 Å². The van der Waals surface area contributed by atoms with Gasteiger partial charge in [0.2, 0.25) is 0 Å². The normalized spacial score (nSPS) is 18.5. The molecule has 1 atom stereocenters. The van der Waals surface area contributed by atoms with Gasteiger partial charge in [-0.05, 0) is 55.0 Å². The topological polar surface area (TPSA) is 29.3 Å². The Morgan fingerprint density at radius 2 is 2.21 bits per heavy atom. The number of hydrogen-bond acceptors (Lipinski definition) is 3. The van der Waals surface area contributed by atoms with Crippen molar-refractivity contribution in [3.63, 3.8) is 0 Å². The average molecular weight is 293 g/mol. The molecule has 1 aliphatic heterocycles. The summed E-state index contributed by atoms with van der Waals surface area (Å²) in [5.41, 5.74) is 10.4. The third kappa shape index (κ3) is 2.11. The zero-order valence-electron chi connectivity index (χ0n) is 11.1. The van der Waals surface area contributed by atoms with E-state index < -0.39 is 0 Å². The van der Waals surface area contributed by atoms with E-state index in [1.807, 2.05) is 23.5 Å². The van der Waals surface area contributed by atoms with Crippen LogP contribution in [-0.4, -0.2) is 6.54 Å². The second kappa shape index (κ2) is 4.73. The second-order valence-corrected chi connectivity index (χ2v) is 6.49. The minimum atomic E-state index is 0.397. The highest BCUT2D eigenvalue weighted by atomic mass is 35.5. The fraction of sp³-hybridized carbons (Fsp3) is 0.333. The molecule has 1 aromatic carbocycles. The Morgan fingerprint density at radius 3 is 3.00 bits per heavy atom. The Hall–Kier alpha value is -1.19. The molecular weight excluding hydrogens is 276 g/mol. The van der Waals surface area contributed by atoms with Crippen molar-refractivity contribution in [2.24, 2.45) is 0 Å². The van der Waals surface area contributed by atoms with Crippen molar-refractivity contribution in [3.8, 4) is 0 Å². The number of anilines is 2. The molecular formula is C15H17ClN2S. The van der Waals surface area contributed by atoms with Gasteiger partial charge < -0.3 is 10.6 Å². The minimum absolute atomic E-state index is 0.397. The lowest BCUT2D eigenvalue weighted by atomic mass is 9.99. The molecule has 1 aliphatic rings. The zero-order valence-corrected chi connectivity index (χ0v) is 12.7.